The smallest absolute Gasteiger partial charge is 0.255 e. The van der Waals surface area contributed by atoms with Gasteiger partial charge in [0, 0.05) is 17.3 Å². The van der Waals surface area contributed by atoms with Gasteiger partial charge >= 0.3 is 0 Å². The lowest BCUT2D eigenvalue weighted by Crippen LogP contribution is -2.14. The molecule has 0 saturated carbocycles. The summed E-state index contributed by atoms with van der Waals surface area (Å²) in [7, 11) is 0. The fourth-order valence-corrected chi connectivity index (χ4v) is 2.10. The maximum absolute atomic E-state index is 13.6. The van der Waals surface area contributed by atoms with Crippen LogP contribution in [0.2, 0.25) is 10.2 Å². The van der Waals surface area contributed by atoms with E-state index in [0.717, 1.165) is 6.07 Å². The van der Waals surface area contributed by atoms with Crippen LogP contribution in [-0.4, -0.2) is 10.9 Å². The van der Waals surface area contributed by atoms with Crippen LogP contribution in [0.1, 0.15) is 16.1 Å². The van der Waals surface area contributed by atoms with Crippen LogP contribution < -0.4 is 5.32 Å². The normalized spacial score (nSPS) is 10.4. The average molecular weight is 317 g/mol. The Balaban J connectivity index is 2.32. The number of aromatic nitrogens is 1. The number of carbonyl (C=O) groups is 1. The number of benzene rings is 1. The van der Waals surface area contributed by atoms with Crippen LogP contribution >= 0.6 is 23.2 Å². The van der Waals surface area contributed by atoms with E-state index in [1.807, 2.05) is 0 Å². The molecule has 104 valence electrons. The highest BCUT2D eigenvalue weighted by atomic mass is 35.5. The van der Waals surface area contributed by atoms with Crippen molar-refractivity contribution in [2.75, 3.05) is 5.32 Å². The van der Waals surface area contributed by atoms with Crippen molar-refractivity contribution in [3.63, 3.8) is 0 Å². The quantitative estimate of drug-likeness (QED) is 0.842. The van der Waals surface area contributed by atoms with Gasteiger partial charge in [0.1, 0.15) is 11.0 Å². The van der Waals surface area contributed by atoms with E-state index < -0.39 is 17.5 Å². The number of halogens is 4. The van der Waals surface area contributed by atoms with E-state index in [-0.39, 0.29) is 21.4 Å². The van der Waals surface area contributed by atoms with Gasteiger partial charge in [0.25, 0.3) is 5.91 Å². The SMILES string of the molecule is Cc1cc(C(=O)Nc2c(F)cc(F)cc2Cl)cc(Cl)n1. The van der Waals surface area contributed by atoms with Crippen molar-refractivity contribution in [3.8, 4) is 0 Å². The summed E-state index contributed by atoms with van der Waals surface area (Å²) in [6, 6.07) is 4.35. The number of hydrogen-bond acceptors (Lipinski definition) is 2. The molecule has 1 heterocycles. The maximum atomic E-state index is 13.6. The van der Waals surface area contributed by atoms with Crippen molar-refractivity contribution in [3.05, 3.63) is 57.3 Å². The van der Waals surface area contributed by atoms with Gasteiger partial charge in [-0.3, -0.25) is 4.79 Å². The first-order chi connectivity index (χ1) is 9.36. The minimum Gasteiger partial charge on any atom is -0.318 e. The van der Waals surface area contributed by atoms with Crippen molar-refractivity contribution >= 4 is 34.8 Å². The molecule has 0 aliphatic heterocycles. The van der Waals surface area contributed by atoms with Gasteiger partial charge in [-0.15, -0.1) is 0 Å². The fraction of sp³-hybridized carbons (Fsp3) is 0.0769. The van der Waals surface area contributed by atoms with Crippen LogP contribution in [0, 0.1) is 18.6 Å². The number of nitrogens with zero attached hydrogens (tertiary/aromatic N) is 1. The molecule has 2 rings (SSSR count). The summed E-state index contributed by atoms with van der Waals surface area (Å²) in [5.74, 6) is -2.40. The zero-order chi connectivity index (χ0) is 14.9. The Hall–Kier alpha value is -1.72. The van der Waals surface area contributed by atoms with Crippen LogP contribution in [0.5, 0.6) is 0 Å². The monoisotopic (exact) mass is 316 g/mol. The molecular weight excluding hydrogens is 309 g/mol. The predicted molar refractivity (Wildman–Crippen MR) is 73.3 cm³/mol. The summed E-state index contributed by atoms with van der Waals surface area (Å²) in [4.78, 5) is 15.9. The topological polar surface area (TPSA) is 42.0 Å². The molecule has 0 atom stereocenters. The standard InChI is InChI=1S/C13H8Cl2F2N2O/c1-6-2-7(3-11(15)18-6)13(20)19-12-9(14)4-8(16)5-10(12)17/h2-5H,1H3,(H,19,20). The molecule has 0 bridgehead atoms. The molecule has 0 radical (unpaired) electrons. The van der Waals surface area contributed by atoms with Gasteiger partial charge in [0.2, 0.25) is 0 Å². The largest absolute Gasteiger partial charge is 0.318 e. The number of nitrogens with one attached hydrogen (secondary N) is 1. The molecule has 7 heteroatoms. The van der Waals surface area contributed by atoms with Crippen molar-refractivity contribution in [2.24, 2.45) is 0 Å². The van der Waals surface area contributed by atoms with Gasteiger partial charge in [-0.05, 0) is 25.1 Å². The summed E-state index contributed by atoms with van der Waals surface area (Å²) >= 11 is 11.4. The lowest BCUT2D eigenvalue weighted by Gasteiger charge is -2.09. The predicted octanol–water partition coefficient (Wildman–Crippen LogP) is 4.23. The van der Waals surface area contributed by atoms with Crippen molar-refractivity contribution in [1.29, 1.82) is 0 Å². The van der Waals surface area contributed by atoms with E-state index in [2.05, 4.69) is 10.3 Å². The Labute approximate surface area is 123 Å². The zero-order valence-electron chi connectivity index (χ0n) is 10.2. The molecule has 0 fully saturated rings. The highest BCUT2D eigenvalue weighted by molar-refractivity contribution is 6.34. The first-order valence-corrected chi connectivity index (χ1v) is 6.22. The minimum atomic E-state index is -0.958. The number of rotatable bonds is 2. The Morgan fingerprint density at radius 3 is 2.50 bits per heavy atom. The highest BCUT2D eigenvalue weighted by Gasteiger charge is 2.15. The Kier molecular flexibility index (Phi) is 4.20. The van der Waals surface area contributed by atoms with Crippen LogP contribution in [0.25, 0.3) is 0 Å². The summed E-state index contributed by atoms with van der Waals surface area (Å²) < 4.78 is 26.5. The summed E-state index contributed by atoms with van der Waals surface area (Å²) in [6.45, 7) is 1.66. The second-order valence-corrected chi connectivity index (χ2v) is 4.81. The third kappa shape index (κ3) is 3.23. The molecule has 1 amide bonds. The molecule has 0 unspecified atom stereocenters. The molecule has 0 spiro atoms. The summed E-state index contributed by atoms with van der Waals surface area (Å²) in [5, 5.41) is 2.19. The van der Waals surface area contributed by atoms with Gasteiger partial charge in [-0.2, -0.15) is 0 Å². The molecule has 2 aromatic rings. The number of aryl methyl sites for hydroxylation is 1. The van der Waals surface area contributed by atoms with E-state index in [4.69, 9.17) is 23.2 Å². The lowest BCUT2D eigenvalue weighted by atomic mass is 10.2. The molecule has 0 saturated heterocycles. The van der Waals surface area contributed by atoms with Crippen molar-refractivity contribution in [2.45, 2.75) is 6.92 Å². The number of anilines is 1. The van der Waals surface area contributed by atoms with E-state index in [1.165, 1.54) is 12.1 Å². The lowest BCUT2D eigenvalue weighted by molar-refractivity contribution is 0.102. The van der Waals surface area contributed by atoms with Gasteiger partial charge in [0.05, 0.1) is 10.7 Å². The average Bonchev–Trinajstić information content (AvgIpc) is 2.32. The maximum Gasteiger partial charge on any atom is 0.255 e. The van der Waals surface area contributed by atoms with Crippen LogP contribution in [0.3, 0.4) is 0 Å². The second-order valence-electron chi connectivity index (χ2n) is 4.02. The first-order valence-electron chi connectivity index (χ1n) is 5.47. The third-order valence-electron chi connectivity index (χ3n) is 2.43. The molecule has 3 nitrogen and oxygen atoms in total. The Morgan fingerprint density at radius 1 is 1.20 bits per heavy atom. The van der Waals surface area contributed by atoms with E-state index in [9.17, 15) is 13.6 Å². The van der Waals surface area contributed by atoms with Crippen molar-refractivity contribution < 1.29 is 13.6 Å². The molecule has 1 N–H and O–H groups in total. The van der Waals surface area contributed by atoms with Crippen LogP contribution in [0.4, 0.5) is 14.5 Å². The first kappa shape index (κ1) is 14.7. The Bertz CT molecular complexity index is 649. The summed E-state index contributed by atoms with van der Waals surface area (Å²) in [5.41, 5.74) is 0.444. The van der Waals surface area contributed by atoms with Gasteiger partial charge < -0.3 is 5.32 Å². The van der Waals surface area contributed by atoms with Gasteiger partial charge in [0.15, 0.2) is 5.82 Å². The van der Waals surface area contributed by atoms with Crippen LogP contribution in [0.15, 0.2) is 24.3 Å². The van der Waals surface area contributed by atoms with E-state index in [0.29, 0.717) is 11.8 Å². The van der Waals surface area contributed by atoms with Gasteiger partial charge in [-0.25, -0.2) is 13.8 Å². The molecular formula is C13H8Cl2F2N2O. The number of hydrogen-bond donors (Lipinski definition) is 1. The zero-order valence-corrected chi connectivity index (χ0v) is 11.7. The van der Waals surface area contributed by atoms with Crippen molar-refractivity contribution in [1.82, 2.24) is 4.98 Å². The number of pyridine rings is 1. The third-order valence-corrected chi connectivity index (χ3v) is 2.92. The van der Waals surface area contributed by atoms with E-state index in [1.54, 1.807) is 6.92 Å². The van der Waals surface area contributed by atoms with E-state index >= 15 is 0 Å². The molecule has 1 aromatic carbocycles. The molecule has 0 aliphatic rings. The molecule has 1 aromatic heterocycles. The number of amides is 1. The highest BCUT2D eigenvalue weighted by Crippen LogP contribution is 2.27. The molecule has 0 aliphatic carbocycles. The Morgan fingerprint density at radius 2 is 1.90 bits per heavy atom. The second kappa shape index (κ2) is 5.73. The van der Waals surface area contributed by atoms with Gasteiger partial charge in [-0.1, -0.05) is 23.2 Å². The van der Waals surface area contributed by atoms with Crippen LogP contribution in [-0.2, 0) is 0 Å². The number of carbonyl (C=O) groups excluding carboxylic acids is 1. The fourth-order valence-electron chi connectivity index (χ4n) is 1.61. The summed E-state index contributed by atoms with van der Waals surface area (Å²) in [6.07, 6.45) is 0. The molecule has 20 heavy (non-hydrogen) atoms. The minimum absolute atomic E-state index is 0.140.